The minimum absolute atomic E-state index is 0.0247. The van der Waals surface area contributed by atoms with Crippen molar-refractivity contribution in [1.82, 2.24) is 15.3 Å². The molecule has 1 aliphatic heterocycles. The summed E-state index contributed by atoms with van der Waals surface area (Å²) < 4.78 is 0. The smallest absolute Gasteiger partial charge is 0.328 e. The van der Waals surface area contributed by atoms with Crippen LogP contribution in [-0.4, -0.2) is 62.4 Å². The molecular formula is C23H25N3O6. The Balaban J connectivity index is 1.92. The van der Waals surface area contributed by atoms with Gasteiger partial charge in [-0.05, 0) is 42.7 Å². The summed E-state index contributed by atoms with van der Waals surface area (Å²) in [4.78, 5) is 51.7. The maximum atomic E-state index is 13.2. The van der Waals surface area contributed by atoms with Crippen LogP contribution in [0.5, 0.6) is 5.75 Å². The minimum atomic E-state index is -1.41. The monoisotopic (exact) mass is 439 g/mol. The number of nitrogens with zero attached hydrogens (tertiary/aromatic N) is 2. The number of phenols is 1. The van der Waals surface area contributed by atoms with E-state index in [9.17, 15) is 29.4 Å². The zero-order valence-electron chi connectivity index (χ0n) is 17.6. The molecule has 9 nitrogen and oxygen atoms in total. The Morgan fingerprint density at radius 3 is 2.34 bits per heavy atom. The molecule has 0 aromatic heterocycles. The number of benzene rings is 2. The Hall–Kier alpha value is -3.88. The summed E-state index contributed by atoms with van der Waals surface area (Å²) >= 11 is 0. The Labute approximate surface area is 185 Å². The first-order chi connectivity index (χ1) is 15.3. The quantitative estimate of drug-likeness (QED) is 0.587. The van der Waals surface area contributed by atoms with Crippen LogP contribution in [0.1, 0.15) is 35.7 Å². The molecule has 0 saturated carbocycles. The number of rotatable bonds is 6. The number of likely N-dealkylation sites (tertiary alicyclic amines) is 1. The van der Waals surface area contributed by atoms with Gasteiger partial charge in [-0.2, -0.15) is 0 Å². The number of carboxylic acid groups (broad SMARTS) is 1. The molecule has 0 spiro atoms. The second-order valence-corrected chi connectivity index (χ2v) is 7.61. The van der Waals surface area contributed by atoms with Crippen molar-refractivity contribution in [3.63, 3.8) is 0 Å². The average molecular weight is 439 g/mol. The van der Waals surface area contributed by atoms with E-state index in [-0.39, 0.29) is 23.6 Å². The number of aromatic hydroxyl groups is 1. The van der Waals surface area contributed by atoms with Gasteiger partial charge in [0.25, 0.3) is 11.8 Å². The Morgan fingerprint density at radius 2 is 1.75 bits per heavy atom. The van der Waals surface area contributed by atoms with Crippen molar-refractivity contribution in [2.45, 2.75) is 38.3 Å². The molecule has 9 heteroatoms. The van der Waals surface area contributed by atoms with Gasteiger partial charge in [0, 0.05) is 25.5 Å². The molecule has 168 valence electrons. The molecule has 3 rings (SSSR count). The van der Waals surface area contributed by atoms with Crippen molar-refractivity contribution in [2.75, 3.05) is 6.54 Å². The average Bonchev–Trinajstić information content (AvgIpc) is 3.28. The van der Waals surface area contributed by atoms with Crippen LogP contribution < -0.4 is 5.43 Å². The number of carbonyl (C=O) groups is 4. The van der Waals surface area contributed by atoms with Crippen LogP contribution in [0.4, 0.5) is 0 Å². The van der Waals surface area contributed by atoms with Crippen molar-refractivity contribution in [3.05, 3.63) is 65.7 Å². The fraction of sp³-hybridized carbons (Fsp3) is 0.304. The second kappa shape index (κ2) is 9.95. The van der Waals surface area contributed by atoms with Crippen molar-refractivity contribution in [3.8, 4) is 5.75 Å². The van der Waals surface area contributed by atoms with Crippen LogP contribution in [-0.2, 0) is 20.8 Å². The zero-order valence-corrected chi connectivity index (χ0v) is 17.6. The highest BCUT2D eigenvalue weighted by atomic mass is 16.4. The Morgan fingerprint density at radius 1 is 1.09 bits per heavy atom. The first-order valence-electron chi connectivity index (χ1n) is 10.2. The molecule has 1 fully saturated rings. The molecule has 3 amide bonds. The number of phenolic OH excluding ortho intramolecular Hbond substituents is 1. The molecule has 2 atom stereocenters. The van der Waals surface area contributed by atoms with E-state index in [1.807, 2.05) is 0 Å². The molecular weight excluding hydrogens is 414 g/mol. The van der Waals surface area contributed by atoms with E-state index in [1.165, 1.54) is 36.1 Å². The van der Waals surface area contributed by atoms with Gasteiger partial charge in [-0.3, -0.25) is 19.8 Å². The third-order valence-electron chi connectivity index (χ3n) is 5.39. The summed E-state index contributed by atoms with van der Waals surface area (Å²) in [6.07, 6.45) is 0.963. The third kappa shape index (κ3) is 5.23. The standard InChI is InChI=1S/C23H25N3O6/c1-15(27)25-13-5-8-19(25)21(29)24-26(22(30)17-6-3-2-4-7-17)20(23(31)32)14-16-9-11-18(28)12-10-16/h2-4,6-7,9-12,19-20,28H,5,8,13-14H2,1H3,(H,24,29)(H,31,32)/t19-,20-/m0/s1. The summed E-state index contributed by atoms with van der Waals surface area (Å²) in [5.41, 5.74) is 3.24. The number of hydrogen-bond acceptors (Lipinski definition) is 5. The lowest BCUT2D eigenvalue weighted by molar-refractivity contribution is -0.146. The minimum Gasteiger partial charge on any atom is -0.508 e. The summed E-state index contributed by atoms with van der Waals surface area (Å²) in [5.74, 6) is -2.84. The summed E-state index contributed by atoms with van der Waals surface area (Å²) in [6, 6.07) is 11.8. The highest BCUT2D eigenvalue weighted by Gasteiger charge is 2.37. The molecule has 0 unspecified atom stereocenters. The van der Waals surface area contributed by atoms with Gasteiger partial charge in [-0.15, -0.1) is 0 Å². The third-order valence-corrected chi connectivity index (χ3v) is 5.39. The molecule has 32 heavy (non-hydrogen) atoms. The zero-order chi connectivity index (χ0) is 23.3. The van der Waals surface area contributed by atoms with Crippen LogP contribution in [0.15, 0.2) is 54.6 Å². The number of hydrazine groups is 1. The SMILES string of the molecule is CC(=O)N1CCC[C@H]1C(=O)NN(C(=O)c1ccccc1)[C@@H](Cc1ccc(O)cc1)C(=O)O. The highest BCUT2D eigenvalue weighted by Crippen LogP contribution is 2.19. The van der Waals surface area contributed by atoms with Gasteiger partial charge >= 0.3 is 5.97 Å². The number of nitrogens with one attached hydrogen (secondary N) is 1. The molecule has 1 saturated heterocycles. The lowest BCUT2D eigenvalue weighted by Gasteiger charge is -2.32. The molecule has 1 aliphatic rings. The molecule has 0 bridgehead atoms. The van der Waals surface area contributed by atoms with Crippen molar-refractivity contribution >= 4 is 23.7 Å². The predicted molar refractivity (Wildman–Crippen MR) is 114 cm³/mol. The first kappa shape index (κ1) is 22.8. The Kier molecular flexibility index (Phi) is 7.09. The van der Waals surface area contributed by atoms with Gasteiger partial charge in [0.05, 0.1) is 0 Å². The molecule has 0 aliphatic carbocycles. The van der Waals surface area contributed by atoms with Gasteiger partial charge in [0.1, 0.15) is 11.8 Å². The molecule has 3 N–H and O–H groups in total. The van der Waals surface area contributed by atoms with Gasteiger partial charge in [-0.1, -0.05) is 30.3 Å². The second-order valence-electron chi connectivity index (χ2n) is 7.61. The first-order valence-corrected chi connectivity index (χ1v) is 10.2. The number of hydrogen-bond donors (Lipinski definition) is 3. The predicted octanol–water partition coefficient (Wildman–Crippen LogP) is 1.57. The fourth-order valence-corrected chi connectivity index (χ4v) is 3.74. The van der Waals surface area contributed by atoms with E-state index >= 15 is 0 Å². The topological polar surface area (TPSA) is 127 Å². The van der Waals surface area contributed by atoms with E-state index in [0.717, 1.165) is 5.01 Å². The van der Waals surface area contributed by atoms with Crippen molar-refractivity contribution < 1.29 is 29.4 Å². The van der Waals surface area contributed by atoms with Crippen LogP contribution in [0.3, 0.4) is 0 Å². The molecule has 2 aromatic carbocycles. The summed E-state index contributed by atoms with van der Waals surface area (Å²) in [6.45, 7) is 1.79. The van der Waals surface area contributed by atoms with Crippen LogP contribution in [0.25, 0.3) is 0 Å². The maximum absolute atomic E-state index is 13.2. The number of carboxylic acids is 1. The van der Waals surface area contributed by atoms with E-state index in [2.05, 4.69) is 5.43 Å². The number of amides is 3. The normalized spacial score (nSPS) is 16.3. The van der Waals surface area contributed by atoms with E-state index < -0.39 is 29.9 Å². The van der Waals surface area contributed by atoms with E-state index in [4.69, 9.17) is 0 Å². The van der Waals surface area contributed by atoms with Gasteiger partial charge in [0.2, 0.25) is 5.91 Å². The Bertz CT molecular complexity index is 993. The van der Waals surface area contributed by atoms with Gasteiger partial charge in [-0.25, -0.2) is 9.80 Å². The number of aliphatic carboxylic acids is 1. The molecule has 2 aromatic rings. The fourth-order valence-electron chi connectivity index (χ4n) is 3.74. The maximum Gasteiger partial charge on any atom is 0.328 e. The lowest BCUT2D eigenvalue weighted by Crippen LogP contribution is -2.59. The molecule has 0 radical (unpaired) electrons. The van der Waals surface area contributed by atoms with E-state index in [1.54, 1.807) is 30.3 Å². The summed E-state index contributed by atoms with van der Waals surface area (Å²) in [7, 11) is 0. The number of carbonyl (C=O) groups excluding carboxylic acids is 3. The largest absolute Gasteiger partial charge is 0.508 e. The van der Waals surface area contributed by atoms with Crippen LogP contribution >= 0.6 is 0 Å². The van der Waals surface area contributed by atoms with E-state index in [0.29, 0.717) is 24.9 Å². The molecule has 1 heterocycles. The van der Waals surface area contributed by atoms with Crippen LogP contribution in [0, 0.1) is 0 Å². The lowest BCUT2D eigenvalue weighted by atomic mass is 10.0. The van der Waals surface area contributed by atoms with Gasteiger partial charge in [0.15, 0.2) is 6.04 Å². The summed E-state index contributed by atoms with van der Waals surface area (Å²) in [5, 5.41) is 20.2. The van der Waals surface area contributed by atoms with Crippen LogP contribution in [0.2, 0.25) is 0 Å². The highest BCUT2D eigenvalue weighted by molar-refractivity contribution is 5.98. The van der Waals surface area contributed by atoms with Crippen molar-refractivity contribution in [1.29, 1.82) is 0 Å². The van der Waals surface area contributed by atoms with Crippen molar-refractivity contribution in [2.24, 2.45) is 0 Å². The van der Waals surface area contributed by atoms with Gasteiger partial charge < -0.3 is 15.1 Å².